The van der Waals surface area contributed by atoms with Crippen LogP contribution in [0.1, 0.15) is 83.5 Å². The molecule has 3 aliphatic rings. The van der Waals surface area contributed by atoms with E-state index in [0.29, 0.717) is 0 Å². The van der Waals surface area contributed by atoms with Crippen LogP contribution in [0.5, 0.6) is 0 Å². The van der Waals surface area contributed by atoms with Crippen LogP contribution in [0.15, 0.2) is 0 Å². The molecule has 2 unspecified atom stereocenters. The monoisotopic (exact) mass is 293 g/mol. The second-order valence-corrected chi connectivity index (χ2v) is 7.91. The largest absolute Gasteiger partial charge is 0.375 e. The first-order valence-electron chi connectivity index (χ1n) is 9.64. The SMILES string of the molecule is CNC(C1CCCCCC1)C1CCOC2(CCCCC2)C1. The average molecular weight is 293 g/mol. The summed E-state index contributed by atoms with van der Waals surface area (Å²) in [5, 5.41) is 3.74. The Kier molecular flexibility index (Phi) is 5.61. The fourth-order valence-electron chi connectivity index (χ4n) is 5.44. The quantitative estimate of drug-likeness (QED) is 0.763. The fraction of sp³-hybridized carbons (Fsp3) is 1.00. The summed E-state index contributed by atoms with van der Waals surface area (Å²) in [6.45, 7) is 1.01. The van der Waals surface area contributed by atoms with Crippen LogP contribution in [-0.4, -0.2) is 25.3 Å². The van der Waals surface area contributed by atoms with Gasteiger partial charge in [-0.25, -0.2) is 0 Å². The number of nitrogens with one attached hydrogen (secondary N) is 1. The predicted molar refractivity (Wildman–Crippen MR) is 88.5 cm³/mol. The zero-order valence-corrected chi connectivity index (χ0v) is 14.0. The summed E-state index contributed by atoms with van der Waals surface area (Å²) < 4.78 is 6.32. The molecule has 0 aromatic rings. The van der Waals surface area contributed by atoms with Crippen molar-refractivity contribution in [2.45, 2.75) is 95.1 Å². The lowest BCUT2D eigenvalue weighted by molar-refractivity contribution is -0.124. The summed E-state index contributed by atoms with van der Waals surface area (Å²) in [5.41, 5.74) is 0.265. The third-order valence-electron chi connectivity index (χ3n) is 6.54. The van der Waals surface area contributed by atoms with E-state index in [1.165, 1.54) is 83.5 Å². The first-order valence-corrected chi connectivity index (χ1v) is 9.64. The maximum Gasteiger partial charge on any atom is 0.0685 e. The molecule has 2 nitrogen and oxygen atoms in total. The molecule has 2 aliphatic carbocycles. The molecular formula is C19H35NO. The minimum atomic E-state index is 0.265. The first kappa shape index (κ1) is 15.8. The molecule has 1 aliphatic heterocycles. The van der Waals surface area contributed by atoms with Gasteiger partial charge < -0.3 is 10.1 Å². The Morgan fingerprint density at radius 2 is 1.52 bits per heavy atom. The van der Waals surface area contributed by atoms with Gasteiger partial charge in [-0.1, -0.05) is 44.9 Å². The van der Waals surface area contributed by atoms with Gasteiger partial charge in [-0.3, -0.25) is 0 Å². The molecule has 0 radical (unpaired) electrons. The van der Waals surface area contributed by atoms with Crippen molar-refractivity contribution in [3.05, 3.63) is 0 Å². The van der Waals surface area contributed by atoms with Gasteiger partial charge in [0.25, 0.3) is 0 Å². The van der Waals surface area contributed by atoms with Crippen LogP contribution in [0.4, 0.5) is 0 Å². The van der Waals surface area contributed by atoms with E-state index in [2.05, 4.69) is 12.4 Å². The third kappa shape index (κ3) is 3.82. The maximum absolute atomic E-state index is 6.32. The molecule has 1 heterocycles. The molecular weight excluding hydrogens is 258 g/mol. The molecule has 3 fully saturated rings. The minimum Gasteiger partial charge on any atom is -0.375 e. The molecule has 3 rings (SSSR count). The highest BCUT2D eigenvalue weighted by Gasteiger charge is 2.42. The zero-order valence-electron chi connectivity index (χ0n) is 14.0. The van der Waals surface area contributed by atoms with E-state index in [-0.39, 0.29) is 5.60 Å². The van der Waals surface area contributed by atoms with E-state index in [1.807, 2.05) is 0 Å². The molecule has 1 spiro atoms. The van der Waals surface area contributed by atoms with Crippen LogP contribution < -0.4 is 5.32 Å². The van der Waals surface area contributed by atoms with E-state index in [4.69, 9.17) is 4.74 Å². The van der Waals surface area contributed by atoms with Crippen LogP contribution in [0, 0.1) is 11.8 Å². The van der Waals surface area contributed by atoms with E-state index < -0.39 is 0 Å². The van der Waals surface area contributed by atoms with Crippen molar-refractivity contribution < 1.29 is 4.74 Å². The van der Waals surface area contributed by atoms with Gasteiger partial charge in [-0.2, -0.15) is 0 Å². The number of ether oxygens (including phenoxy) is 1. The van der Waals surface area contributed by atoms with Crippen molar-refractivity contribution in [2.24, 2.45) is 11.8 Å². The summed E-state index contributed by atoms with van der Waals surface area (Å²) in [7, 11) is 2.21. The summed E-state index contributed by atoms with van der Waals surface area (Å²) in [4.78, 5) is 0. The lowest BCUT2D eigenvalue weighted by atomic mass is 9.71. The minimum absolute atomic E-state index is 0.265. The van der Waals surface area contributed by atoms with Crippen LogP contribution in [0.3, 0.4) is 0 Å². The van der Waals surface area contributed by atoms with Gasteiger partial charge in [-0.05, 0) is 57.4 Å². The molecule has 21 heavy (non-hydrogen) atoms. The van der Waals surface area contributed by atoms with Crippen molar-refractivity contribution >= 4 is 0 Å². The van der Waals surface area contributed by atoms with E-state index in [9.17, 15) is 0 Å². The molecule has 2 heteroatoms. The average Bonchev–Trinajstić information content (AvgIpc) is 2.78. The van der Waals surface area contributed by atoms with Crippen molar-refractivity contribution in [3.63, 3.8) is 0 Å². The van der Waals surface area contributed by atoms with Gasteiger partial charge in [-0.15, -0.1) is 0 Å². The van der Waals surface area contributed by atoms with Gasteiger partial charge in [0.15, 0.2) is 0 Å². The smallest absolute Gasteiger partial charge is 0.0685 e. The molecule has 1 saturated heterocycles. The summed E-state index contributed by atoms with van der Waals surface area (Å²) in [5.74, 6) is 1.77. The normalized spacial score (nSPS) is 32.7. The molecule has 0 bridgehead atoms. The van der Waals surface area contributed by atoms with Crippen molar-refractivity contribution in [1.82, 2.24) is 5.32 Å². The van der Waals surface area contributed by atoms with Gasteiger partial charge in [0.2, 0.25) is 0 Å². The molecule has 2 saturated carbocycles. The van der Waals surface area contributed by atoms with E-state index in [1.54, 1.807) is 0 Å². The molecule has 0 aromatic carbocycles. The van der Waals surface area contributed by atoms with E-state index >= 15 is 0 Å². The van der Waals surface area contributed by atoms with Gasteiger partial charge in [0, 0.05) is 12.6 Å². The Morgan fingerprint density at radius 1 is 0.857 bits per heavy atom. The van der Waals surface area contributed by atoms with Gasteiger partial charge in [0.05, 0.1) is 5.60 Å². The highest BCUT2D eigenvalue weighted by atomic mass is 16.5. The van der Waals surface area contributed by atoms with E-state index in [0.717, 1.165) is 24.5 Å². The van der Waals surface area contributed by atoms with Crippen molar-refractivity contribution in [3.8, 4) is 0 Å². The highest BCUT2D eigenvalue weighted by Crippen LogP contribution is 2.43. The van der Waals surface area contributed by atoms with Crippen LogP contribution >= 0.6 is 0 Å². The lowest BCUT2D eigenvalue weighted by Crippen LogP contribution is -2.49. The van der Waals surface area contributed by atoms with Gasteiger partial charge in [0.1, 0.15) is 0 Å². The lowest BCUT2D eigenvalue weighted by Gasteiger charge is -2.47. The van der Waals surface area contributed by atoms with Crippen LogP contribution in [-0.2, 0) is 4.74 Å². The first-order chi connectivity index (χ1) is 10.3. The number of hydrogen-bond acceptors (Lipinski definition) is 2. The molecule has 122 valence electrons. The van der Waals surface area contributed by atoms with Crippen molar-refractivity contribution in [2.75, 3.05) is 13.7 Å². The Balaban J connectivity index is 1.64. The number of rotatable bonds is 3. The Labute approximate surface area is 131 Å². The van der Waals surface area contributed by atoms with Crippen LogP contribution in [0.25, 0.3) is 0 Å². The zero-order chi connectivity index (χ0) is 14.5. The molecule has 0 amide bonds. The number of hydrogen-bond donors (Lipinski definition) is 1. The maximum atomic E-state index is 6.32. The highest BCUT2D eigenvalue weighted by molar-refractivity contribution is 4.94. The summed E-state index contributed by atoms with van der Waals surface area (Å²) in [6, 6.07) is 0.741. The predicted octanol–water partition coefficient (Wildman–Crippen LogP) is 4.67. The van der Waals surface area contributed by atoms with Gasteiger partial charge >= 0.3 is 0 Å². The molecule has 0 aromatic heterocycles. The van der Waals surface area contributed by atoms with Crippen molar-refractivity contribution in [1.29, 1.82) is 0 Å². The second kappa shape index (κ2) is 7.46. The Morgan fingerprint density at radius 3 is 2.19 bits per heavy atom. The standard InChI is InChI=1S/C19H35NO/c1-20-18(16-9-5-2-3-6-10-16)17-11-14-21-19(15-17)12-7-4-8-13-19/h16-18,20H,2-15H2,1H3. The third-order valence-corrected chi connectivity index (χ3v) is 6.54. The molecule has 1 N–H and O–H groups in total. The molecule has 2 atom stereocenters. The Bertz CT molecular complexity index is 297. The van der Waals surface area contributed by atoms with Crippen LogP contribution in [0.2, 0.25) is 0 Å². The second-order valence-electron chi connectivity index (χ2n) is 7.91. The fourth-order valence-corrected chi connectivity index (χ4v) is 5.44. The Hall–Kier alpha value is -0.0800. The topological polar surface area (TPSA) is 21.3 Å². The summed E-state index contributed by atoms with van der Waals surface area (Å²) in [6.07, 6.45) is 18.2. The summed E-state index contributed by atoms with van der Waals surface area (Å²) >= 11 is 0.